The molecular formula is C21H15ClFN2O2S. The number of hydrogen-bond acceptors (Lipinski definition) is 5. The number of rotatable bonds is 2. The fraction of sp³-hybridized carbons (Fsp3) is 0.190. The molecule has 28 heavy (non-hydrogen) atoms. The topological polar surface area (TPSA) is 44.2 Å². The lowest BCUT2D eigenvalue weighted by Gasteiger charge is -2.16. The van der Waals surface area contributed by atoms with Crippen molar-refractivity contribution >= 4 is 44.1 Å². The second-order valence-corrected chi connectivity index (χ2v) is 8.60. The Balaban J connectivity index is 1.75. The van der Waals surface area contributed by atoms with Crippen LogP contribution >= 0.6 is 22.9 Å². The molecule has 141 valence electrons. The largest absolute Gasteiger partial charge is 0.495 e. The Bertz CT molecular complexity index is 1270. The van der Waals surface area contributed by atoms with Gasteiger partial charge in [-0.2, -0.15) is 0 Å². The number of pyridine rings is 1. The molecule has 1 aliphatic heterocycles. The van der Waals surface area contributed by atoms with E-state index in [1.165, 1.54) is 17.4 Å². The van der Waals surface area contributed by atoms with Crippen molar-refractivity contribution in [2.75, 3.05) is 7.11 Å². The summed E-state index contributed by atoms with van der Waals surface area (Å²) in [5.74, 6) is 0.515. The molecule has 1 radical (unpaired) electrons. The van der Waals surface area contributed by atoms with E-state index in [-0.39, 0.29) is 5.75 Å². The first kappa shape index (κ1) is 17.6. The highest BCUT2D eigenvalue weighted by Crippen LogP contribution is 2.45. The van der Waals surface area contributed by atoms with E-state index in [9.17, 15) is 4.39 Å². The number of benzene rings is 2. The minimum atomic E-state index is -0.678. The van der Waals surface area contributed by atoms with Gasteiger partial charge < -0.3 is 9.47 Å². The molecule has 0 saturated heterocycles. The quantitative estimate of drug-likeness (QED) is 0.414. The van der Waals surface area contributed by atoms with Crippen LogP contribution in [-0.2, 0) is 6.42 Å². The van der Waals surface area contributed by atoms with Gasteiger partial charge in [-0.1, -0.05) is 11.6 Å². The molecule has 0 spiro atoms. The number of ether oxygens (including phenoxy) is 2. The molecule has 2 aromatic carbocycles. The third-order valence-electron chi connectivity index (χ3n) is 4.77. The molecule has 3 heterocycles. The number of methoxy groups -OCH3 is 1. The molecule has 1 atom stereocenters. The van der Waals surface area contributed by atoms with Gasteiger partial charge >= 0.3 is 0 Å². The minimum Gasteiger partial charge on any atom is -0.495 e. The van der Waals surface area contributed by atoms with Crippen LogP contribution in [-0.4, -0.2) is 22.7 Å². The van der Waals surface area contributed by atoms with Gasteiger partial charge in [-0.05, 0) is 32.0 Å². The van der Waals surface area contributed by atoms with E-state index in [2.05, 4.69) is 16.9 Å². The zero-order valence-electron chi connectivity index (χ0n) is 15.2. The Labute approximate surface area is 169 Å². The lowest BCUT2D eigenvalue weighted by Crippen LogP contribution is -2.25. The SMILES string of the molecule is [CH2][C@@]1(C)Cc2c(c(F)cc3nc(-c4cc(Cl)cc5cc(OC)cnc45)sc23)O1. The molecule has 0 amide bonds. The normalized spacial score (nSPS) is 15.0. The van der Waals surface area contributed by atoms with Crippen LogP contribution in [0.4, 0.5) is 4.39 Å². The fourth-order valence-corrected chi connectivity index (χ4v) is 4.92. The van der Waals surface area contributed by atoms with Gasteiger partial charge in [0.25, 0.3) is 0 Å². The monoisotopic (exact) mass is 413 g/mol. The van der Waals surface area contributed by atoms with E-state index in [0.717, 1.165) is 31.7 Å². The summed E-state index contributed by atoms with van der Waals surface area (Å²) >= 11 is 7.83. The summed E-state index contributed by atoms with van der Waals surface area (Å²) < 4.78 is 26.4. The van der Waals surface area contributed by atoms with Crippen LogP contribution in [0.3, 0.4) is 0 Å². The maximum atomic E-state index is 14.5. The van der Waals surface area contributed by atoms with Gasteiger partial charge in [-0.3, -0.25) is 4.98 Å². The summed E-state index contributed by atoms with van der Waals surface area (Å²) in [6.07, 6.45) is 2.19. The second kappa shape index (κ2) is 6.03. The number of fused-ring (bicyclic) bond motifs is 4. The van der Waals surface area contributed by atoms with Gasteiger partial charge in [0.1, 0.15) is 16.4 Å². The van der Waals surface area contributed by atoms with Crippen molar-refractivity contribution in [2.45, 2.75) is 18.9 Å². The van der Waals surface area contributed by atoms with E-state index >= 15 is 0 Å². The fourth-order valence-electron chi connectivity index (χ4n) is 3.59. The molecule has 7 heteroatoms. The average molecular weight is 414 g/mol. The lowest BCUT2D eigenvalue weighted by molar-refractivity contribution is 0.161. The van der Waals surface area contributed by atoms with Crippen molar-refractivity contribution in [3.05, 3.63) is 53.8 Å². The number of thiazole rings is 1. The van der Waals surface area contributed by atoms with Crippen LogP contribution in [0.25, 0.3) is 31.7 Å². The number of nitrogens with zero attached hydrogens (tertiary/aromatic N) is 2. The molecule has 2 aromatic heterocycles. The molecule has 5 rings (SSSR count). The first-order valence-corrected chi connectivity index (χ1v) is 9.84. The van der Waals surface area contributed by atoms with Crippen molar-refractivity contribution in [3.8, 4) is 22.1 Å². The Hall–Kier alpha value is -2.44. The summed E-state index contributed by atoms with van der Waals surface area (Å²) in [6, 6.07) is 6.96. The summed E-state index contributed by atoms with van der Waals surface area (Å²) in [6.45, 7) is 5.87. The molecule has 4 nitrogen and oxygen atoms in total. The maximum Gasteiger partial charge on any atom is 0.167 e. The lowest BCUT2D eigenvalue weighted by atomic mass is 10.0. The molecule has 0 aliphatic carbocycles. The van der Waals surface area contributed by atoms with Crippen molar-refractivity contribution in [3.63, 3.8) is 0 Å². The van der Waals surface area contributed by atoms with Gasteiger partial charge in [0.05, 0.1) is 29.0 Å². The first-order chi connectivity index (χ1) is 13.3. The van der Waals surface area contributed by atoms with Crippen LogP contribution in [0.5, 0.6) is 11.5 Å². The highest BCUT2D eigenvalue weighted by molar-refractivity contribution is 7.22. The van der Waals surface area contributed by atoms with E-state index in [0.29, 0.717) is 22.7 Å². The highest BCUT2D eigenvalue weighted by atomic mass is 35.5. The van der Waals surface area contributed by atoms with E-state index in [1.807, 2.05) is 25.1 Å². The average Bonchev–Trinajstić information content (AvgIpc) is 3.20. The zero-order chi connectivity index (χ0) is 19.6. The minimum absolute atomic E-state index is 0.277. The molecular weight excluding hydrogens is 399 g/mol. The maximum absolute atomic E-state index is 14.5. The van der Waals surface area contributed by atoms with Crippen LogP contribution in [0.2, 0.25) is 5.02 Å². The van der Waals surface area contributed by atoms with Crippen LogP contribution in [0.15, 0.2) is 30.5 Å². The van der Waals surface area contributed by atoms with Crippen LogP contribution in [0.1, 0.15) is 12.5 Å². The predicted octanol–water partition coefficient (Wildman–Crippen LogP) is 5.84. The molecule has 0 unspecified atom stereocenters. The third kappa shape index (κ3) is 2.71. The Morgan fingerprint density at radius 3 is 2.93 bits per heavy atom. The molecule has 0 N–H and O–H groups in total. The first-order valence-electron chi connectivity index (χ1n) is 8.64. The number of hydrogen-bond donors (Lipinski definition) is 0. The Morgan fingerprint density at radius 2 is 2.14 bits per heavy atom. The molecule has 0 fully saturated rings. The molecule has 1 aliphatic rings. The van der Waals surface area contributed by atoms with Gasteiger partial charge in [-0.25, -0.2) is 9.37 Å². The van der Waals surface area contributed by atoms with Crippen LogP contribution in [0, 0.1) is 12.7 Å². The van der Waals surface area contributed by atoms with Crippen molar-refractivity contribution in [1.82, 2.24) is 9.97 Å². The van der Waals surface area contributed by atoms with Gasteiger partial charge in [-0.15, -0.1) is 11.3 Å². The molecule has 4 aromatic rings. The Kier molecular flexibility index (Phi) is 3.80. The highest BCUT2D eigenvalue weighted by Gasteiger charge is 2.35. The second-order valence-electron chi connectivity index (χ2n) is 7.16. The number of halogens is 2. The zero-order valence-corrected chi connectivity index (χ0v) is 16.7. The van der Waals surface area contributed by atoms with Crippen molar-refractivity contribution in [2.24, 2.45) is 0 Å². The molecule has 0 saturated carbocycles. The Morgan fingerprint density at radius 1 is 1.32 bits per heavy atom. The third-order valence-corrected chi connectivity index (χ3v) is 6.15. The number of aromatic nitrogens is 2. The standard InChI is InChI=1S/C21H15ClFN2O2S/c1-21(2)8-14-18(27-21)15(23)7-16-19(14)28-20(25-16)13-6-11(22)4-10-5-12(26-3)9-24-17(10)13/h4-7,9H,1,8H2,2-3H3/t21-/m1/s1. The summed E-state index contributed by atoms with van der Waals surface area (Å²) in [4.78, 5) is 9.20. The van der Waals surface area contributed by atoms with Gasteiger partial charge in [0, 0.05) is 34.0 Å². The summed E-state index contributed by atoms with van der Waals surface area (Å²) in [7, 11) is 1.59. The van der Waals surface area contributed by atoms with Crippen molar-refractivity contribution < 1.29 is 13.9 Å². The molecule has 0 bridgehead atoms. The van der Waals surface area contributed by atoms with E-state index < -0.39 is 11.4 Å². The van der Waals surface area contributed by atoms with E-state index in [4.69, 9.17) is 21.1 Å². The van der Waals surface area contributed by atoms with Gasteiger partial charge in [0.2, 0.25) is 0 Å². The van der Waals surface area contributed by atoms with Crippen molar-refractivity contribution in [1.29, 1.82) is 0 Å². The predicted molar refractivity (Wildman–Crippen MR) is 110 cm³/mol. The van der Waals surface area contributed by atoms with E-state index in [1.54, 1.807) is 13.3 Å². The van der Waals surface area contributed by atoms with Crippen LogP contribution < -0.4 is 9.47 Å². The summed E-state index contributed by atoms with van der Waals surface area (Å²) in [5, 5.41) is 2.15. The van der Waals surface area contributed by atoms with Gasteiger partial charge in [0.15, 0.2) is 11.6 Å². The smallest absolute Gasteiger partial charge is 0.167 e. The summed E-state index contributed by atoms with van der Waals surface area (Å²) in [5.41, 5.74) is 2.30.